The summed E-state index contributed by atoms with van der Waals surface area (Å²) in [6, 6.07) is 10.1. The quantitative estimate of drug-likeness (QED) is 0.756. The van der Waals surface area contributed by atoms with Crippen molar-refractivity contribution in [2.45, 2.75) is 13.0 Å². The fourth-order valence-corrected chi connectivity index (χ4v) is 2.90. The average Bonchev–Trinajstić information content (AvgIpc) is 2.57. The van der Waals surface area contributed by atoms with Gasteiger partial charge in [-0.2, -0.15) is 0 Å². The summed E-state index contributed by atoms with van der Waals surface area (Å²) >= 11 is 6.30. The molecule has 1 aromatic heterocycles. The Kier molecular flexibility index (Phi) is 4.36. The maximum atomic E-state index is 13.2. The number of rotatable bonds is 3. The van der Waals surface area contributed by atoms with E-state index in [0.717, 1.165) is 0 Å². The molecule has 0 spiro atoms. The molecule has 6 heteroatoms. The van der Waals surface area contributed by atoms with E-state index in [-0.39, 0.29) is 17.5 Å². The highest BCUT2D eigenvalue weighted by atomic mass is 35.5. The third-order valence-electron chi connectivity index (χ3n) is 3.71. The van der Waals surface area contributed by atoms with Crippen molar-refractivity contribution in [2.75, 3.05) is 0 Å². The number of hydrogen-bond donors (Lipinski definition) is 2. The number of phenolic OH excluding ortho intramolecular Hbond substituents is 1. The van der Waals surface area contributed by atoms with Gasteiger partial charge in [-0.3, -0.25) is 9.78 Å². The zero-order valence-electron chi connectivity index (χ0n) is 12.8. The molecule has 1 heterocycles. The summed E-state index contributed by atoms with van der Waals surface area (Å²) in [5.74, 6) is -0.748. The minimum absolute atomic E-state index is 0.0712. The van der Waals surface area contributed by atoms with Gasteiger partial charge in [0.05, 0.1) is 11.1 Å². The summed E-state index contributed by atoms with van der Waals surface area (Å²) in [5.41, 5.74) is 1.36. The Balaban J connectivity index is 2.21. The number of phenols is 1. The summed E-state index contributed by atoms with van der Waals surface area (Å²) in [6.45, 7) is 1.37. The zero-order valence-corrected chi connectivity index (χ0v) is 13.5. The molecule has 0 aliphatic heterocycles. The standard InChI is InChI=1S/C18H14ClFN2O2/c1-10(23)22-16(11-4-6-12(20)7-5-11)14-9-15(19)13-3-2-8-21-17(13)18(14)24/h2-9,16,24H,1H3,(H,22,23). The van der Waals surface area contributed by atoms with Crippen LogP contribution >= 0.6 is 11.6 Å². The summed E-state index contributed by atoms with van der Waals surface area (Å²) in [6.07, 6.45) is 1.55. The lowest BCUT2D eigenvalue weighted by Gasteiger charge is -2.21. The second-order valence-corrected chi connectivity index (χ2v) is 5.79. The van der Waals surface area contributed by atoms with Crippen molar-refractivity contribution in [3.05, 3.63) is 70.6 Å². The van der Waals surface area contributed by atoms with Gasteiger partial charge in [0.15, 0.2) is 0 Å². The lowest BCUT2D eigenvalue weighted by atomic mass is 9.96. The molecule has 0 saturated carbocycles. The number of carbonyl (C=O) groups is 1. The molecule has 3 rings (SSSR count). The molecule has 122 valence electrons. The first-order chi connectivity index (χ1) is 11.5. The van der Waals surface area contributed by atoms with E-state index in [1.165, 1.54) is 19.1 Å². The maximum absolute atomic E-state index is 13.2. The lowest BCUT2D eigenvalue weighted by Crippen LogP contribution is -2.27. The van der Waals surface area contributed by atoms with Gasteiger partial charge in [-0.15, -0.1) is 0 Å². The van der Waals surface area contributed by atoms with Crippen LogP contribution in [0.5, 0.6) is 5.75 Å². The first kappa shape index (κ1) is 16.2. The van der Waals surface area contributed by atoms with Crippen LogP contribution in [0, 0.1) is 5.82 Å². The number of halogens is 2. The molecule has 0 bridgehead atoms. The highest BCUT2D eigenvalue weighted by Crippen LogP contribution is 2.38. The van der Waals surface area contributed by atoms with E-state index in [2.05, 4.69) is 10.3 Å². The number of hydrogen-bond acceptors (Lipinski definition) is 3. The number of fused-ring (bicyclic) bond motifs is 1. The lowest BCUT2D eigenvalue weighted by molar-refractivity contribution is -0.119. The van der Waals surface area contributed by atoms with E-state index >= 15 is 0 Å². The molecule has 4 nitrogen and oxygen atoms in total. The summed E-state index contributed by atoms with van der Waals surface area (Å²) in [7, 11) is 0. The van der Waals surface area contributed by atoms with E-state index in [9.17, 15) is 14.3 Å². The van der Waals surface area contributed by atoms with Crippen molar-refractivity contribution in [1.29, 1.82) is 0 Å². The van der Waals surface area contributed by atoms with Crippen LogP contribution in [-0.4, -0.2) is 16.0 Å². The van der Waals surface area contributed by atoms with E-state index in [1.807, 2.05) is 0 Å². The smallest absolute Gasteiger partial charge is 0.217 e. The van der Waals surface area contributed by atoms with Crippen LogP contribution in [-0.2, 0) is 4.79 Å². The number of pyridine rings is 1. The molecule has 0 saturated heterocycles. The largest absolute Gasteiger partial charge is 0.505 e. The number of amides is 1. The molecule has 1 amide bonds. The molecule has 0 aliphatic carbocycles. The molecule has 3 aromatic rings. The van der Waals surface area contributed by atoms with Crippen LogP contribution in [0.15, 0.2) is 48.7 Å². The van der Waals surface area contributed by atoms with Crippen molar-refractivity contribution in [2.24, 2.45) is 0 Å². The van der Waals surface area contributed by atoms with E-state index < -0.39 is 6.04 Å². The average molecular weight is 345 g/mol. The van der Waals surface area contributed by atoms with Gasteiger partial charge in [0.1, 0.15) is 17.1 Å². The topological polar surface area (TPSA) is 62.2 Å². The second-order valence-electron chi connectivity index (χ2n) is 5.38. The van der Waals surface area contributed by atoms with Crippen LogP contribution < -0.4 is 5.32 Å². The third-order valence-corrected chi connectivity index (χ3v) is 4.02. The van der Waals surface area contributed by atoms with E-state index in [1.54, 1.807) is 36.5 Å². The van der Waals surface area contributed by atoms with Gasteiger partial charge >= 0.3 is 0 Å². The Bertz CT molecular complexity index is 913. The van der Waals surface area contributed by atoms with Gasteiger partial charge < -0.3 is 10.4 Å². The monoisotopic (exact) mass is 344 g/mol. The molecular weight excluding hydrogens is 331 g/mol. The minimum atomic E-state index is -0.674. The molecule has 1 atom stereocenters. The fourth-order valence-electron chi connectivity index (χ4n) is 2.63. The normalized spacial score (nSPS) is 12.1. The molecule has 0 aliphatic rings. The van der Waals surface area contributed by atoms with Gasteiger partial charge in [-0.05, 0) is 35.9 Å². The number of nitrogens with zero attached hydrogens (tertiary/aromatic N) is 1. The van der Waals surface area contributed by atoms with Crippen LogP contribution in [0.1, 0.15) is 24.1 Å². The number of aromatic nitrogens is 1. The van der Waals surface area contributed by atoms with Crippen molar-refractivity contribution < 1.29 is 14.3 Å². The predicted octanol–water partition coefficient (Wildman–Crippen LogP) is 3.96. The highest BCUT2D eigenvalue weighted by molar-refractivity contribution is 6.35. The number of benzene rings is 2. The first-order valence-corrected chi connectivity index (χ1v) is 7.64. The van der Waals surface area contributed by atoms with Gasteiger partial charge in [0.25, 0.3) is 0 Å². The molecule has 24 heavy (non-hydrogen) atoms. The molecule has 0 fully saturated rings. The van der Waals surface area contributed by atoms with Crippen molar-refractivity contribution in [3.8, 4) is 5.75 Å². The molecule has 1 unspecified atom stereocenters. The second kappa shape index (κ2) is 6.45. The molecule has 2 N–H and O–H groups in total. The third kappa shape index (κ3) is 3.03. The summed E-state index contributed by atoms with van der Waals surface area (Å²) in [5, 5.41) is 14.4. The van der Waals surface area contributed by atoms with Gasteiger partial charge in [0, 0.05) is 24.1 Å². The van der Waals surface area contributed by atoms with Crippen molar-refractivity contribution in [3.63, 3.8) is 0 Å². The van der Waals surface area contributed by atoms with Gasteiger partial charge in [-0.25, -0.2) is 4.39 Å². The zero-order chi connectivity index (χ0) is 17.3. The maximum Gasteiger partial charge on any atom is 0.217 e. The highest BCUT2D eigenvalue weighted by Gasteiger charge is 2.22. The number of carbonyl (C=O) groups excluding carboxylic acids is 1. The van der Waals surface area contributed by atoms with Crippen LogP contribution in [0.25, 0.3) is 10.9 Å². The number of nitrogens with one attached hydrogen (secondary N) is 1. The first-order valence-electron chi connectivity index (χ1n) is 7.26. The predicted molar refractivity (Wildman–Crippen MR) is 90.5 cm³/mol. The van der Waals surface area contributed by atoms with Crippen molar-refractivity contribution >= 4 is 28.4 Å². The Morgan fingerprint density at radius 2 is 2.00 bits per heavy atom. The van der Waals surface area contributed by atoms with Gasteiger partial charge in [0.2, 0.25) is 5.91 Å². The number of aromatic hydroxyl groups is 1. The summed E-state index contributed by atoms with van der Waals surface area (Å²) in [4.78, 5) is 15.8. The Hall–Kier alpha value is -2.66. The Labute approximate surface area is 142 Å². The fraction of sp³-hybridized carbons (Fsp3) is 0.111. The molecule has 0 radical (unpaired) electrons. The summed E-state index contributed by atoms with van der Waals surface area (Å²) < 4.78 is 13.2. The van der Waals surface area contributed by atoms with Crippen LogP contribution in [0.3, 0.4) is 0 Å². The Morgan fingerprint density at radius 3 is 2.67 bits per heavy atom. The minimum Gasteiger partial charge on any atom is -0.505 e. The SMILES string of the molecule is CC(=O)NC(c1ccc(F)cc1)c1cc(Cl)c2cccnc2c1O. The van der Waals surface area contributed by atoms with E-state index in [4.69, 9.17) is 11.6 Å². The van der Waals surface area contributed by atoms with Crippen molar-refractivity contribution in [1.82, 2.24) is 10.3 Å². The molecule has 2 aromatic carbocycles. The van der Waals surface area contributed by atoms with Crippen LogP contribution in [0.2, 0.25) is 5.02 Å². The Morgan fingerprint density at radius 1 is 1.29 bits per heavy atom. The molecular formula is C18H14ClFN2O2. The van der Waals surface area contributed by atoms with Gasteiger partial charge in [-0.1, -0.05) is 23.7 Å². The van der Waals surface area contributed by atoms with Crippen LogP contribution in [0.4, 0.5) is 4.39 Å². The van der Waals surface area contributed by atoms with E-state index in [0.29, 0.717) is 27.1 Å².